The Kier molecular flexibility index (Phi) is 6.25. The van der Waals surface area contributed by atoms with Gasteiger partial charge >= 0.3 is 6.61 Å². The van der Waals surface area contributed by atoms with Gasteiger partial charge in [-0.05, 0) is 42.6 Å². The van der Waals surface area contributed by atoms with Crippen molar-refractivity contribution in [1.82, 2.24) is 10.6 Å². The zero-order valence-electron chi connectivity index (χ0n) is 12.8. The molecule has 0 bridgehead atoms. The molecule has 0 unspecified atom stereocenters. The number of alkyl halides is 2. The molecule has 5 nitrogen and oxygen atoms in total. The Morgan fingerprint density at radius 1 is 1.21 bits per heavy atom. The molecule has 0 aliphatic heterocycles. The van der Waals surface area contributed by atoms with Gasteiger partial charge in [-0.25, -0.2) is 0 Å². The summed E-state index contributed by atoms with van der Waals surface area (Å²) < 4.78 is 28.3. The Labute approximate surface area is 141 Å². The summed E-state index contributed by atoms with van der Waals surface area (Å²) in [5.74, 6) is -0.830. The van der Waals surface area contributed by atoms with E-state index in [0.29, 0.717) is 0 Å². The number of hydrogen-bond donors (Lipinski definition) is 2. The summed E-state index contributed by atoms with van der Waals surface area (Å²) in [6, 6.07) is 8.89. The highest BCUT2D eigenvalue weighted by atomic mass is 32.1. The largest absolute Gasteiger partial charge is 0.435 e. The second kappa shape index (κ2) is 8.39. The van der Waals surface area contributed by atoms with Gasteiger partial charge in [-0.1, -0.05) is 6.07 Å². The van der Waals surface area contributed by atoms with E-state index in [1.807, 2.05) is 24.4 Å². The van der Waals surface area contributed by atoms with Gasteiger partial charge in [0.15, 0.2) is 0 Å². The Balaban J connectivity index is 1.80. The lowest BCUT2D eigenvalue weighted by Gasteiger charge is -2.12. The lowest BCUT2D eigenvalue weighted by Crippen LogP contribution is -2.37. The number of benzene rings is 1. The monoisotopic (exact) mass is 354 g/mol. The molecule has 0 saturated carbocycles. The van der Waals surface area contributed by atoms with Crippen LogP contribution in [0.1, 0.15) is 28.2 Å². The van der Waals surface area contributed by atoms with E-state index in [9.17, 15) is 18.4 Å². The number of ether oxygens (including phenoxy) is 1. The minimum Gasteiger partial charge on any atom is -0.435 e. The topological polar surface area (TPSA) is 67.4 Å². The van der Waals surface area contributed by atoms with Gasteiger partial charge in [0.05, 0.1) is 12.6 Å². The van der Waals surface area contributed by atoms with E-state index in [-0.39, 0.29) is 29.8 Å². The lowest BCUT2D eigenvalue weighted by molar-refractivity contribution is -0.120. The van der Waals surface area contributed by atoms with Crippen LogP contribution >= 0.6 is 11.3 Å². The average molecular weight is 354 g/mol. The van der Waals surface area contributed by atoms with Crippen LogP contribution in [0.3, 0.4) is 0 Å². The molecule has 24 heavy (non-hydrogen) atoms. The van der Waals surface area contributed by atoms with Crippen molar-refractivity contribution in [2.45, 2.75) is 19.6 Å². The van der Waals surface area contributed by atoms with Crippen LogP contribution < -0.4 is 15.4 Å². The number of rotatable bonds is 7. The van der Waals surface area contributed by atoms with Gasteiger partial charge < -0.3 is 15.4 Å². The summed E-state index contributed by atoms with van der Waals surface area (Å²) in [5.41, 5.74) is 0.246. The van der Waals surface area contributed by atoms with Gasteiger partial charge in [0.25, 0.3) is 5.91 Å². The van der Waals surface area contributed by atoms with Gasteiger partial charge in [-0.2, -0.15) is 8.78 Å². The van der Waals surface area contributed by atoms with E-state index in [1.54, 1.807) is 0 Å². The van der Waals surface area contributed by atoms with Gasteiger partial charge in [0, 0.05) is 10.4 Å². The second-order valence-electron chi connectivity index (χ2n) is 4.89. The molecule has 8 heteroatoms. The number of carbonyl (C=O) groups is 2. The van der Waals surface area contributed by atoms with Gasteiger partial charge in [-0.3, -0.25) is 9.59 Å². The molecular formula is C16H16F2N2O3S. The molecule has 0 aliphatic carbocycles. The van der Waals surface area contributed by atoms with Crippen LogP contribution in [0.25, 0.3) is 0 Å². The summed E-state index contributed by atoms with van der Waals surface area (Å²) in [6.45, 7) is -1.24. The van der Waals surface area contributed by atoms with Crippen LogP contribution in [0.4, 0.5) is 8.78 Å². The molecule has 2 amide bonds. The number of halogens is 2. The molecule has 2 rings (SSSR count). The normalized spacial score (nSPS) is 11.8. The first-order chi connectivity index (χ1) is 11.5. The van der Waals surface area contributed by atoms with Crippen LogP contribution in [0.15, 0.2) is 41.8 Å². The molecule has 1 heterocycles. The van der Waals surface area contributed by atoms with Crippen molar-refractivity contribution in [3.8, 4) is 5.75 Å². The average Bonchev–Trinajstić information content (AvgIpc) is 3.07. The number of thiophene rings is 1. The quantitative estimate of drug-likeness (QED) is 0.803. The van der Waals surface area contributed by atoms with Crippen LogP contribution in [-0.4, -0.2) is 25.0 Å². The van der Waals surface area contributed by atoms with Crippen molar-refractivity contribution in [3.05, 3.63) is 52.2 Å². The maximum absolute atomic E-state index is 12.1. The number of carbonyl (C=O) groups excluding carboxylic acids is 2. The fourth-order valence-electron chi connectivity index (χ4n) is 1.95. The number of amides is 2. The standard InChI is InChI=1S/C16H16F2N2O3S/c1-10(13-3-2-8-24-13)20-14(21)9-19-15(22)11-4-6-12(7-5-11)23-16(17)18/h2-8,10,16H,9H2,1H3,(H,19,22)(H,20,21)/t10-/m1/s1. The molecule has 1 aromatic heterocycles. The summed E-state index contributed by atoms with van der Waals surface area (Å²) in [6.07, 6.45) is 0. The highest BCUT2D eigenvalue weighted by Gasteiger charge is 2.12. The van der Waals surface area contributed by atoms with Crippen molar-refractivity contribution in [2.75, 3.05) is 6.54 Å². The number of nitrogens with one attached hydrogen (secondary N) is 2. The van der Waals surface area contributed by atoms with Crippen LogP contribution in [-0.2, 0) is 4.79 Å². The molecule has 1 aromatic carbocycles. The Morgan fingerprint density at radius 3 is 2.50 bits per heavy atom. The van der Waals surface area contributed by atoms with Crippen LogP contribution in [0.5, 0.6) is 5.75 Å². The zero-order chi connectivity index (χ0) is 17.5. The van der Waals surface area contributed by atoms with Gasteiger partial charge in [0.2, 0.25) is 5.91 Å². The fraction of sp³-hybridized carbons (Fsp3) is 0.250. The Bertz CT molecular complexity index is 675. The first kappa shape index (κ1) is 17.9. The third-order valence-corrected chi connectivity index (χ3v) is 4.15. The van der Waals surface area contributed by atoms with E-state index in [0.717, 1.165) is 4.88 Å². The minimum atomic E-state index is -2.92. The van der Waals surface area contributed by atoms with Crippen molar-refractivity contribution < 1.29 is 23.1 Å². The van der Waals surface area contributed by atoms with E-state index >= 15 is 0 Å². The van der Waals surface area contributed by atoms with E-state index in [4.69, 9.17) is 0 Å². The molecule has 2 aromatic rings. The SMILES string of the molecule is C[C@@H](NC(=O)CNC(=O)c1ccc(OC(F)F)cc1)c1cccs1. The molecule has 2 N–H and O–H groups in total. The predicted molar refractivity (Wildman–Crippen MR) is 86.3 cm³/mol. The van der Waals surface area contributed by atoms with Crippen molar-refractivity contribution in [2.24, 2.45) is 0 Å². The molecule has 0 saturated heterocycles. The molecule has 128 valence electrons. The first-order valence-corrected chi connectivity index (χ1v) is 7.99. The van der Waals surface area contributed by atoms with E-state index < -0.39 is 12.5 Å². The zero-order valence-corrected chi connectivity index (χ0v) is 13.6. The predicted octanol–water partition coefficient (Wildman–Crippen LogP) is 2.96. The highest BCUT2D eigenvalue weighted by molar-refractivity contribution is 7.10. The second-order valence-corrected chi connectivity index (χ2v) is 5.87. The molecular weight excluding hydrogens is 338 g/mol. The van der Waals surface area contributed by atoms with Gasteiger partial charge in [-0.15, -0.1) is 11.3 Å². The Morgan fingerprint density at radius 2 is 1.92 bits per heavy atom. The molecule has 0 spiro atoms. The van der Waals surface area contributed by atoms with Crippen molar-refractivity contribution in [3.63, 3.8) is 0 Å². The highest BCUT2D eigenvalue weighted by Crippen LogP contribution is 2.18. The molecule has 0 radical (unpaired) electrons. The van der Waals surface area contributed by atoms with E-state index in [1.165, 1.54) is 35.6 Å². The third-order valence-electron chi connectivity index (χ3n) is 3.10. The maximum atomic E-state index is 12.1. The van der Waals surface area contributed by atoms with Crippen molar-refractivity contribution >= 4 is 23.2 Å². The minimum absolute atomic E-state index is 0.0379. The van der Waals surface area contributed by atoms with Crippen LogP contribution in [0, 0.1) is 0 Å². The summed E-state index contributed by atoms with van der Waals surface area (Å²) in [5, 5.41) is 7.16. The molecule has 1 atom stereocenters. The summed E-state index contributed by atoms with van der Waals surface area (Å²) in [4.78, 5) is 24.8. The lowest BCUT2D eigenvalue weighted by atomic mass is 10.2. The first-order valence-electron chi connectivity index (χ1n) is 7.11. The third kappa shape index (κ3) is 5.31. The molecule has 0 aliphatic rings. The van der Waals surface area contributed by atoms with E-state index in [2.05, 4.69) is 15.4 Å². The Hall–Kier alpha value is -2.48. The molecule has 0 fully saturated rings. The number of hydrogen-bond acceptors (Lipinski definition) is 4. The summed E-state index contributed by atoms with van der Waals surface area (Å²) >= 11 is 1.53. The van der Waals surface area contributed by atoms with Gasteiger partial charge in [0.1, 0.15) is 5.75 Å². The van der Waals surface area contributed by atoms with Crippen LogP contribution in [0.2, 0.25) is 0 Å². The maximum Gasteiger partial charge on any atom is 0.387 e. The smallest absolute Gasteiger partial charge is 0.387 e. The summed E-state index contributed by atoms with van der Waals surface area (Å²) in [7, 11) is 0. The fourth-order valence-corrected chi connectivity index (χ4v) is 2.69. The van der Waals surface area contributed by atoms with Crippen molar-refractivity contribution in [1.29, 1.82) is 0 Å².